The molecule has 126 valence electrons. The monoisotopic (exact) mass is 308 g/mol. The number of carbonyl (C=O) groups is 1. The highest BCUT2D eigenvalue weighted by Crippen LogP contribution is 2.28. The molecule has 22 heavy (non-hydrogen) atoms. The first-order valence-corrected chi connectivity index (χ1v) is 9.40. The molecular weight excluding hydrogens is 276 g/mol. The molecule has 1 N–H and O–H groups in total. The second kappa shape index (κ2) is 8.30. The number of rotatable bonds is 6. The molecule has 3 fully saturated rings. The molecule has 2 aliphatic heterocycles. The Balaban J connectivity index is 1.26. The van der Waals surface area contributed by atoms with Crippen molar-refractivity contribution < 1.29 is 9.53 Å². The van der Waals surface area contributed by atoms with Gasteiger partial charge >= 0.3 is 0 Å². The molecule has 0 unspecified atom stereocenters. The van der Waals surface area contributed by atoms with Crippen molar-refractivity contribution >= 4 is 5.91 Å². The van der Waals surface area contributed by atoms with Crippen LogP contribution in [0.3, 0.4) is 0 Å². The standard InChI is InChI=1S/C18H32N2O2/c21-18(13-16-8-12-22-14-16)19-9-5-15-6-10-20(11-7-15)17-3-1-2-4-17/h15-17H,1-14H2,(H,19,21)/t16-/m0/s1. The van der Waals surface area contributed by atoms with Crippen LogP contribution >= 0.6 is 0 Å². The predicted octanol–water partition coefficient (Wildman–Crippen LogP) is 2.57. The molecule has 3 rings (SSSR count). The first kappa shape index (κ1) is 16.3. The number of ether oxygens (including phenoxy) is 1. The maximum Gasteiger partial charge on any atom is 0.220 e. The summed E-state index contributed by atoms with van der Waals surface area (Å²) in [6.07, 6.45) is 11.2. The zero-order valence-electron chi connectivity index (χ0n) is 13.9. The first-order valence-electron chi connectivity index (χ1n) is 9.40. The lowest BCUT2D eigenvalue weighted by atomic mass is 9.92. The van der Waals surface area contributed by atoms with Crippen LogP contribution in [-0.4, -0.2) is 49.7 Å². The second-order valence-electron chi connectivity index (χ2n) is 7.49. The van der Waals surface area contributed by atoms with E-state index in [2.05, 4.69) is 10.2 Å². The van der Waals surface area contributed by atoms with Crippen LogP contribution in [0.5, 0.6) is 0 Å². The Morgan fingerprint density at radius 3 is 2.50 bits per heavy atom. The number of amides is 1. The Hall–Kier alpha value is -0.610. The van der Waals surface area contributed by atoms with Crippen LogP contribution in [-0.2, 0) is 9.53 Å². The summed E-state index contributed by atoms with van der Waals surface area (Å²) in [4.78, 5) is 14.6. The molecule has 1 atom stereocenters. The van der Waals surface area contributed by atoms with Crippen LogP contribution in [0, 0.1) is 11.8 Å². The molecule has 2 heterocycles. The SMILES string of the molecule is O=C(C[C@@H]1CCOC1)NCCC1CCN(C2CCCC2)CC1. The number of nitrogens with one attached hydrogen (secondary N) is 1. The van der Waals surface area contributed by atoms with Gasteiger partial charge in [0.1, 0.15) is 0 Å². The molecule has 0 aromatic rings. The maximum atomic E-state index is 11.9. The van der Waals surface area contributed by atoms with Crippen molar-refractivity contribution in [2.45, 2.75) is 63.8 Å². The van der Waals surface area contributed by atoms with Crippen molar-refractivity contribution in [1.82, 2.24) is 10.2 Å². The zero-order chi connectivity index (χ0) is 15.2. The third-order valence-corrected chi connectivity index (χ3v) is 5.86. The molecule has 4 nitrogen and oxygen atoms in total. The lowest BCUT2D eigenvalue weighted by Crippen LogP contribution is -2.40. The highest BCUT2D eigenvalue weighted by molar-refractivity contribution is 5.76. The van der Waals surface area contributed by atoms with Gasteiger partial charge in [-0.15, -0.1) is 0 Å². The van der Waals surface area contributed by atoms with Crippen LogP contribution in [0.4, 0.5) is 0 Å². The van der Waals surface area contributed by atoms with Crippen molar-refractivity contribution in [3.8, 4) is 0 Å². The number of nitrogens with zero attached hydrogens (tertiary/aromatic N) is 1. The van der Waals surface area contributed by atoms with Crippen molar-refractivity contribution in [3.05, 3.63) is 0 Å². The fraction of sp³-hybridized carbons (Fsp3) is 0.944. The lowest BCUT2D eigenvalue weighted by molar-refractivity contribution is -0.122. The van der Waals surface area contributed by atoms with Crippen molar-refractivity contribution in [1.29, 1.82) is 0 Å². The summed E-state index contributed by atoms with van der Waals surface area (Å²) in [6.45, 7) is 5.02. The van der Waals surface area contributed by atoms with Gasteiger partial charge in [0.15, 0.2) is 0 Å². The predicted molar refractivity (Wildman–Crippen MR) is 87.7 cm³/mol. The molecule has 2 saturated heterocycles. The Bertz CT molecular complexity index is 341. The van der Waals surface area contributed by atoms with E-state index in [4.69, 9.17) is 4.74 Å². The average Bonchev–Trinajstić information content (AvgIpc) is 3.21. The molecule has 4 heteroatoms. The van der Waals surface area contributed by atoms with E-state index in [-0.39, 0.29) is 5.91 Å². The van der Waals surface area contributed by atoms with Crippen LogP contribution in [0.2, 0.25) is 0 Å². The summed E-state index contributed by atoms with van der Waals surface area (Å²) < 4.78 is 5.33. The number of piperidine rings is 1. The topological polar surface area (TPSA) is 41.6 Å². The summed E-state index contributed by atoms with van der Waals surface area (Å²) in [6, 6.07) is 0.884. The fourth-order valence-electron chi connectivity index (χ4n) is 4.37. The number of likely N-dealkylation sites (tertiary alicyclic amines) is 1. The normalized spacial score (nSPS) is 28.3. The summed E-state index contributed by atoms with van der Waals surface area (Å²) in [5.41, 5.74) is 0. The highest BCUT2D eigenvalue weighted by atomic mass is 16.5. The van der Waals surface area contributed by atoms with Gasteiger partial charge in [-0.05, 0) is 63.5 Å². The minimum Gasteiger partial charge on any atom is -0.381 e. The van der Waals surface area contributed by atoms with Gasteiger partial charge in [0.2, 0.25) is 5.91 Å². The van der Waals surface area contributed by atoms with Gasteiger partial charge in [-0.25, -0.2) is 0 Å². The summed E-state index contributed by atoms with van der Waals surface area (Å²) in [5, 5.41) is 3.12. The van der Waals surface area contributed by atoms with Crippen LogP contribution < -0.4 is 5.32 Å². The third kappa shape index (κ3) is 4.69. The minimum atomic E-state index is 0.221. The molecule has 0 aromatic heterocycles. The van der Waals surface area contributed by atoms with E-state index in [0.717, 1.165) is 44.6 Å². The second-order valence-corrected chi connectivity index (χ2v) is 7.49. The van der Waals surface area contributed by atoms with E-state index in [0.29, 0.717) is 12.3 Å². The van der Waals surface area contributed by atoms with Crippen LogP contribution in [0.25, 0.3) is 0 Å². The molecular formula is C18H32N2O2. The Morgan fingerprint density at radius 2 is 1.82 bits per heavy atom. The van der Waals surface area contributed by atoms with Crippen LogP contribution in [0.1, 0.15) is 57.8 Å². The maximum absolute atomic E-state index is 11.9. The van der Waals surface area contributed by atoms with E-state index in [1.807, 2.05) is 0 Å². The summed E-state index contributed by atoms with van der Waals surface area (Å²) >= 11 is 0. The molecule has 0 aromatic carbocycles. The summed E-state index contributed by atoms with van der Waals surface area (Å²) in [7, 11) is 0. The Kier molecular flexibility index (Phi) is 6.13. The van der Waals surface area contributed by atoms with Gasteiger partial charge in [-0.1, -0.05) is 12.8 Å². The van der Waals surface area contributed by atoms with Gasteiger partial charge in [0.25, 0.3) is 0 Å². The highest BCUT2D eigenvalue weighted by Gasteiger charge is 2.27. The third-order valence-electron chi connectivity index (χ3n) is 5.86. The molecule has 0 spiro atoms. The molecule has 0 radical (unpaired) electrons. The summed E-state index contributed by atoms with van der Waals surface area (Å²) in [5.74, 6) is 1.49. The average molecular weight is 308 g/mol. The molecule has 1 saturated carbocycles. The zero-order valence-corrected chi connectivity index (χ0v) is 13.9. The van der Waals surface area contributed by atoms with Crippen molar-refractivity contribution in [2.75, 3.05) is 32.8 Å². The van der Waals surface area contributed by atoms with E-state index in [9.17, 15) is 4.79 Å². The van der Waals surface area contributed by atoms with Crippen molar-refractivity contribution in [3.63, 3.8) is 0 Å². The smallest absolute Gasteiger partial charge is 0.220 e. The Labute approximate surface area is 135 Å². The quantitative estimate of drug-likeness (QED) is 0.820. The van der Waals surface area contributed by atoms with Crippen LogP contribution in [0.15, 0.2) is 0 Å². The van der Waals surface area contributed by atoms with Gasteiger partial charge in [0.05, 0.1) is 0 Å². The van der Waals surface area contributed by atoms with Gasteiger partial charge in [-0.2, -0.15) is 0 Å². The van der Waals surface area contributed by atoms with Gasteiger partial charge in [-0.3, -0.25) is 4.79 Å². The first-order chi connectivity index (χ1) is 10.8. The van der Waals surface area contributed by atoms with Gasteiger partial charge in [0, 0.05) is 32.2 Å². The minimum absolute atomic E-state index is 0.221. The number of hydrogen-bond donors (Lipinski definition) is 1. The largest absolute Gasteiger partial charge is 0.381 e. The van der Waals surface area contributed by atoms with E-state index >= 15 is 0 Å². The molecule has 1 aliphatic carbocycles. The fourth-order valence-corrected chi connectivity index (χ4v) is 4.37. The molecule has 1 amide bonds. The molecule has 0 bridgehead atoms. The van der Waals surface area contributed by atoms with Crippen molar-refractivity contribution in [2.24, 2.45) is 11.8 Å². The number of hydrogen-bond acceptors (Lipinski definition) is 3. The Morgan fingerprint density at radius 1 is 1.05 bits per heavy atom. The van der Waals surface area contributed by atoms with E-state index in [1.165, 1.54) is 51.6 Å². The lowest BCUT2D eigenvalue weighted by Gasteiger charge is -2.36. The molecule has 3 aliphatic rings. The van der Waals surface area contributed by atoms with Gasteiger partial charge < -0.3 is 15.0 Å². The number of carbonyl (C=O) groups excluding carboxylic acids is 1. The van der Waals surface area contributed by atoms with E-state index in [1.54, 1.807) is 0 Å². The van der Waals surface area contributed by atoms with E-state index < -0.39 is 0 Å².